The number of hydrogen-bond acceptors (Lipinski definition) is 1. The van der Waals surface area contributed by atoms with Crippen molar-refractivity contribution in [1.29, 1.82) is 0 Å². The Hall–Kier alpha value is -1.63. The Morgan fingerprint density at radius 2 is 2.00 bits per heavy atom. The molecule has 0 N–H and O–H groups in total. The molecule has 0 amide bonds. The summed E-state index contributed by atoms with van der Waals surface area (Å²) >= 11 is 0. The van der Waals surface area contributed by atoms with Gasteiger partial charge in [0.25, 0.3) is 0 Å². The molecule has 0 saturated carbocycles. The van der Waals surface area contributed by atoms with Crippen molar-refractivity contribution in [2.75, 3.05) is 0 Å². The fourth-order valence-electron chi connectivity index (χ4n) is 1.07. The van der Waals surface area contributed by atoms with Gasteiger partial charge in [-0.1, -0.05) is 43.0 Å². The zero-order valence-corrected chi connectivity index (χ0v) is 7.77. The predicted molar refractivity (Wildman–Crippen MR) is 58.8 cm³/mol. The molecule has 1 nitrogen and oxygen atoms in total. The van der Waals surface area contributed by atoms with Crippen molar-refractivity contribution in [2.24, 2.45) is 4.99 Å². The number of allylic oxidation sites excluding steroid dienone is 2. The quantitative estimate of drug-likeness (QED) is 0.488. The first-order valence-electron chi connectivity index (χ1n) is 4.25. The van der Waals surface area contributed by atoms with Crippen LogP contribution < -0.4 is 0 Å². The Morgan fingerprint density at radius 1 is 1.31 bits per heavy atom. The maximum absolute atomic E-state index is 4.25. The van der Waals surface area contributed by atoms with Crippen LogP contribution >= 0.6 is 0 Å². The molecule has 0 aliphatic heterocycles. The highest BCUT2D eigenvalue weighted by Crippen LogP contribution is 2.14. The molecule has 1 aromatic rings. The molecule has 0 radical (unpaired) electrons. The Morgan fingerprint density at radius 3 is 2.54 bits per heavy atom. The molecular formula is C12H13N. The summed E-state index contributed by atoms with van der Waals surface area (Å²) in [5, 5.41) is 0. The molecule has 13 heavy (non-hydrogen) atoms. The van der Waals surface area contributed by atoms with Gasteiger partial charge in [0.2, 0.25) is 0 Å². The summed E-state index contributed by atoms with van der Waals surface area (Å²) in [5.41, 5.74) is 2.05. The van der Waals surface area contributed by atoms with E-state index in [2.05, 4.69) is 11.6 Å². The summed E-state index contributed by atoms with van der Waals surface area (Å²) in [6, 6.07) is 10.0. The van der Waals surface area contributed by atoms with E-state index in [1.807, 2.05) is 43.3 Å². The molecule has 66 valence electrons. The lowest BCUT2D eigenvalue weighted by Gasteiger charge is -1.99. The average molecular weight is 171 g/mol. The van der Waals surface area contributed by atoms with Crippen LogP contribution in [0.5, 0.6) is 0 Å². The lowest BCUT2D eigenvalue weighted by molar-refractivity contribution is 1.51. The van der Waals surface area contributed by atoms with E-state index in [1.54, 1.807) is 12.3 Å². The summed E-state index contributed by atoms with van der Waals surface area (Å²) in [7, 11) is 0. The Bertz CT molecular complexity index is 320. The van der Waals surface area contributed by atoms with E-state index in [1.165, 1.54) is 0 Å². The third-order valence-corrected chi connectivity index (χ3v) is 1.61. The van der Waals surface area contributed by atoms with Crippen LogP contribution in [-0.4, -0.2) is 6.21 Å². The van der Waals surface area contributed by atoms with Gasteiger partial charge in [-0.25, -0.2) is 0 Å². The zero-order chi connectivity index (χ0) is 9.52. The lowest BCUT2D eigenvalue weighted by atomic mass is 10.1. The molecule has 0 bridgehead atoms. The fraction of sp³-hybridized carbons (Fsp3) is 0.0833. The first-order valence-corrected chi connectivity index (χ1v) is 4.25. The standard InChI is InChI=1S/C12H13N/c1-3-8-12(13-4-2)11-9-6-5-7-10-11/h3-10H,1H2,2H3/b12-8-,13-4-. The first-order chi connectivity index (χ1) is 6.38. The van der Waals surface area contributed by atoms with Crippen molar-refractivity contribution in [3.63, 3.8) is 0 Å². The second-order valence-electron chi connectivity index (χ2n) is 2.54. The van der Waals surface area contributed by atoms with Crippen LogP contribution in [-0.2, 0) is 0 Å². The van der Waals surface area contributed by atoms with E-state index in [9.17, 15) is 0 Å². The fourth-order valence-corrected chi connectivity index (χ4v) is 1.07. The third kappa shape index (κ3) is 2.71. The van der Waals surface area contributed by atoms with Crippen molar-refractivity contribution in [3.05, 3.63) is 54.6 Å². The van der Waals surface area contributed by atoms with Gasteiger partial charge in [0, 0.05) is 11.8 Å². The number of benzene rings is 1. The van der Waals surface area contributed by atoms with Gasteiger partial charge in [-0.15, -0.1) is 0 Å². The SMILES string of the molecule is C=C/C=C(\N=C/C)c1ccccc1. The molecule has 0 aromatic heterocycles. The highest BCUT2D eigenvalue weighted by atomic mass is 14.7. The monoisotopic (exact) mass is 171 g/mol. The van der Waals surface area contributed by atoms with E-state index in [4.69, 9.17) is 0 Å². The summed E-state index contributed by atoms with van der Waals surface area (Å²) in [6.07, 6.45) is 5.42. The molecule has 0 atom stereocenters. The van der Waals surface area contributed by atoms with Crippen LogP contribution in [0.1, 0.15) is 12.5 Å². The number of aliphatic imine (C=N–C) groups is 1. The van der Waals surface area contributed by atoms with Crippen molar-refractivity contribution in [1.82, 2.24) is 0 Å². The van der Waals surface area contributed by atoms with Crippen molar-refractivity contribution >= 4 is 11.9 Å². The van der Waals surface area contributed by atoms with Gasteiger partial charge in [0.15, 0.2) is 0 Å². The smallest absolute Gasteiger partial charge is 0.0697 e. The predicted octanol–water partition coefficient (Wildman–Crippen LogP) is 3.30. The summed E-state index contributed by atoms with van der Waals surface area (Å²) < 4.78 is 0. The molecule has 0 unspecified atom stereocenters. The number of rotatable bonds is 3. The molecule has 0 aliphatic carbocycles. The lowest BCUT2D eigenvalue weighted by Crippen LogP contribution is -1.79. The van der Waals surface area contributed by atoms with Crippen LogP contribution in [0.3, 0.4) is 0 Å². The Kier molecular flexibility index (Phi) is 3.71. The van der Waals surface area contributed by atoms with Crippen molar-refractivity contribution in [2.45, 2.75) is 6.92 Å². The van der Waals surface area contributed by atoms with Gasteiger partial charge in [0.1, 0.15) is 0 Å². The van der Waals surface area contributed by atoms with Crippen LogP contribution in [0.2, 0.25) is 0 Å². The van der Waals surface area contributed by atoms with Crippen molar-refractivity contribution in [3.8, 4) is 0 Å². The topological polar surface area (TPSA) is 12.4 Å². The second kappa shape index (κ2) is 5.09. The highest BCUT2D eigenvalue weighted by Gasteiger charge is 1.94. The summed E-state index contributed by atoms with van der Waals surface area (Å²) in [5.74, 6) is 0. The van der Waals surface area contributed by atoms with E-state index in [0.29, 0.717) is 0 Å². The van der Waals surface area contributed by atoms with Crippen LogP contribution in [0.25, 0.3) is 5.70 Å². The molecule has 0 heterocycles. The maximum atomic E-state index is 4.25. The Labute approximate surface area is 79.1 Å². The average Bonchev–Trinajstić information content (AvgIpc) is 2.19. The molecule has 1 rings (SSSR count). The molecule has 0 spiro atoms. The molecule has 0 fully saturated rings. The second-order valence-corrected chi connectivity index (χ2v) is 2.54. The molecular weight excluding hydrogens is 158 g/mol. The summed E-state index contributed by atoms with van der Waals surface area (Å²) in [4.78, 5) is 4.25. The molecule has 1 aromatic carbocycles. The maximum Gasteiger partial charge on any atom is 0.0697 e. The minimum atomic E-state index is 0.943. The van der Waals surface area contributed by atoms with Crippen LogP contribution in [0.15, 0.2) is 54.1 Å². The molecule has 0 saturated heterocycles. The largest absolute Gasteiger partial charge is 0.261 e. The first kappa shape index (κ1) is 9.46. The van der Waals surface area contributed by atoms with E-state index < -0.39 is 0 Å². The molecule has 1 heteroatoms. The number of hydrogen-bond donors (Lipinski definition) is 0. The van der Waals surface area contributed by atoms with E-state index in [0.717, 1.165) is 11.3 Å². The van der Waals surface area contributed by atoms with Crippen LogP contribution in [0, 0.1) is 0 Å². The minimum Gasteiger partial charge on any atom is -0.261 e. The Balaban J connectivity index is 3.03. The van der Waals surface area contributed by atoms with Gasteiger partial charge < -0.3 is 0 Å². The number of nitrogens with zero attached hydrogens (tertiary/aromatic N) is 1. The van der Waals surface area contributed by atoms with Gasteiger partial charge in [-0.2, -0.15) is 0 Å². The minimum absolute atomic E-state index is 0.943. The highest BCUT2D eigenvalue weighted by molar-refractivity contribution is 5.73. The van der Waals surface area contributed by atoms with Crippen molar-refractivity contribution < 1.29 is 0 Å². The normalized spacial score (nSPS) is 11.9. The van der Waals surface area contributed by atoms with E-state index in [-0.39, 0.29) is 0 Å². The van der Waals surface area contributed by atoms with E-state index >= 15 is 0 Å². The third-order valence-electron chi connectivity index (χ3n) is 1.61. The van der Waals surface area contributed by atoms with Crippen LogP contribution in [0.4, 0.5) is 0 Å². The van der Waals surface area contributed by atoms with Gasteiger partial charge in [-0.05, 0) is 13.0 Å². The van der Waals surface area contributed by atoms with Gasteiger partial charge >= 0.3 is 0 Å². The van der Waals surface area contributed by atoms with Gasteiger partial charge in [-0.3, -0.25) is 4.99 Å². The molecule has 0 aliphatic rings. The van der Waals surface area contributed by atoms with Gasteiger partial charge in [0.05, 0.1) is 5.70 Å². The summed E-state index contributed by atoms with van der Waals surface area (Å²) in [6.45, 7) is 5.56. The zero-order valence-electron chi connectivity index (χ0n) is 7.77.